The van der Waals surface area contributed by atoms with Crippen LogP contribution in [0.1, 0.15) is 17.2 Å². The molecular formula is C19H18N2O3S. The number of sulfonamides is 1. The maximum Gasteiger partial charge on any atom is 0.238 e. The molecule has 5 nitrogen and oxygen atoms in total. The molecule has 0 bridgehead atoms. The van der Waals surface area contributed by atoms with Crippen molar-refractivity contribution < 1.29 is 13.5 Å². The first kappa shape index (κ1) is 17.2. The molecule has 0 heterocycles. The number of nitrogen functional groups attached to an aromatic ring is 1. The molecule has 128 valence electrons. The number of nitrogens with two attached hydrogens (primary N) is 2. The second-order valence-corrected chi connectivity index (χ2v) is 7.28. The third-order valence-electron chi connectivity index (χ3n) is 4.03. The van der Waals surface area contributed by atoms with Gasteiger partial charge < -0.3 is 10.8 Å². The molecule has 1 atom stereocenters. The molecule has 3 rings (SSSR count). The summed E-state index contributed by atoms with van der Waals surface area (Å²) in [6.45, 7) is 0. The number of aliphatic hydroxyl groups excluding tert-OH is 1. The highest BCUT2D eigenvalue weighted by atomic mass is 32.2. The van der Waals surface area contributed by atoms with Crippen molar-refractivity contribution >= 4 is 15.7 Å². The Morgan fingerprint density at radius 1 is 0.800 bits per heavy atom. The van der Waals surface area contributed by atoms with Crippen LogP contribution in [0, 0.1) is 0 Å². The first-order chi connectivity index (χ1) is 11.9. The zero-order valence-electron chi connectivity index (χ0n) is 13.3. The summed E-state index contributed by atoms with van der Waals surface area (Å²) in [5, 5.41) is 15.6. The molecule has 0 saturated carbocycles. The van der Waals surface area contributed by atoms with Gasteiger partial charge in [0.2, 0.25) is 10.0 Å². The molecule has 1 unspecified atom stereocenters. The molecule has 3 aromatic rings. The summed E-state index contributed by atoms with van der Waals surface area (Å²) in [4.78, 5) is 0.0721. The lowest BCUT2D eigenvalue weighted by molar-refractivity contribution is 0.221. The van der Waals surface area contributed by atoms with E-state index in [1.54, 1.807) is 24.3 Å². The number of primary sulfonamides is 1. The van der Waals surface area contributed by atoms with Crippen LogP contribution in [0.25, 0.3) is 11.1 Å². The van der Waals surface area contributed by atoms with Gasteiger partial charge in [0.1, 0.15) is 6.10 Å². The molecule has 5 N–H and O–H groups in total. The Balaban J connectivity index is 1.86. The third-order valence-corrected chi connectivity index (χ3v) is 4.96. The van der Waals surface area contributed by atoms with Crippen molar-refractivity contribution in [2.75, 3.05) is 5.73 Å². The zero-order chi connectivity index (χ0) is 18.0. The molecule has 0 amide bonds. The van der Waals surface area contributed by atoms with Gasteiger partial charge in [0.05, 0.1) is 4.90 Å². The fourth-order valence-electron chi connectivity index (χ4n) is 2.63. The fourth-order valence-corrected chi connectivity index (χ4v) is 3.15. The van der Waals surface area contributed by atoms with E-state index >= 15 is 0 Å². The van der Waals surface area contributed by atoms with Crippen LogP contribution < -0.4 is 10.9 Å². The summed E-state index contributed by atoms with van der Waals surface area (Å²) < 4.78 is 22.6. The Labute approximate surface area is 146 Å². The molecule has 0 fully saturated rings. The van der Waals surface area contributed by atoms with Crippen molar-refractivity contribution in [2.45, 2.75) is 11.0 Å². The van der Waals surface area contributed by atoms with E-state index in [4.69, 9.17) is 10.9 Å². The monoisotopic (exact) mass is 354 g/mol. The number of para-hydroxylation sites is 1. The average molecular weight is 354 g/mol. The highest BCUT2D eigenvalue weighted by Crippen LogP contribution is 2.28. The fraction of sp³-hybridized carbons (Fsp3) is 0.0526. The van der Waals surface area contributed by atoms with E-state index in [0.29, 0.717) is 11.3 Å². The van der Waals surface area contributed by atoms with Crippen molar-refractivity contribution in [1.82, 2.24) is 0 Å². The van der Waals surface area contributed by atoms with Crippen molar-refractivity contribution in [3.8, 4) is 11.1 Å². The number of rotatable bonds is 4. The Bertz CT molecular complexity index is 982. The number of anilines is 1. The number of benzene rings is 3. The van der Waals surface area contributed by atoms with E-state index in [9.17, 15) is 13.5 Å². The Morgan fingerprint density at radius 3 is 1.84 bits per heavy atom. The summed E-state index contributed by atoms with van der Waals surface area (Å²) in [6.07, 6.45) is -0.806. The lowest BCUT2D eigenvalue weighted by Gasteiger charge is -2.14. The highest BCUT2D eigenvalue weighted by molar-refractivity contribution is 7.89. The van der Waals surface area contributed by atoms with Gasteiger partial charge in [-0.15, -0.1) is 0 Å². The molecule has 25 heavy (non-hydrogen) atoms. The molecule has 3 aromatic carbocycles. The van der Waals surface area contributed by atoms with Gasteiger partial charge in [-0.1, -0.05) is 54.6 Å². The van der Waals surface area contributed by atoms with E-state index in [2.05, 4.69) is 0 Å². The van der Waals surface area contributed by atoms with E-state index in [-0.39, 0.29) is 4.90 Å². The lowest BCUT2D eigenvalue weighted by Crippen LogP contribution is -2.11. The Kier molecular flexibility index (Phi) is 4.59. The average Bonchev–Trinajstić information content (AvgIpc) is 2.61. The number of hydrogen-bond acceptors (Lipinski definition) is 4. The summed E-state index contributed by atoms with van der Waals surface area (Å²) in [5.74, 6) is 0. The van der Waals surface area contributed by atoms with Crippen LogP contribution in [-0.4, -0.2) is 13.5 Å². The third kappa shape index (κ3) is 3.71. The van der Waals surface area contributed by atoms with E-state index in [1.807, 2.05) is 36.4 Å². The van der Waals surface area contributed by atoms with Crippen LogP contribution in [0.3, 0.4) is 0 Å². The van der Waals surface area contributed by atoms with Crippen LogP contribution >= 0.6 is 0 Å². The van der Waals surface area contributed by atoms with Crippen LogP contribution in [0.2, 0.25) is 0 Å². The zero-order valence-corrected chi connectivity index (χ0v) is 14.1. The van der Waals surface area contributed by atoms with Crippen molar-refractivity contribution in [3.05, 3.63) is 83.9 Å². The maximum atomic E-state index is 11.3. The Hall–Kier alpha value is -2.67. The van der Waals surface area contributed by atoms with Crippen molar-refractivity contribution in [3.63, 3.8) is 0 Å². The smallest absolute Gasteiger partial charge is 0.238 e. The maximum absolute atomic E-state index is 11.3. The summed E-state index contributed by atoms with van der Waals surface area (Å²) in [5.41, 5.74) is 9.59. The topological polar surface area (TPSA) is 106 Å². The predicted octanol–water partition coefficient (Wildman–Crippen LogP) is 2.66. The summed E-state index contributed by atoms with van der Waals surface area (Å²) in [6, 6.07) is 20.9. The minimum Gasteiger partial charge on any atom is -0.398 e. The largest absolute Gasteiger partial charge is 0.398 e. The van der Waals surface area contributed by atoms with Crippen molar-refractivity contribution in [2.24, 2.45) is 5.14 Å². The van der Waals surface area contributed by atoms with Crippen molar-refractivity contribution in [1.29, 1.82) is 0 Å². The quantitative estimate of drug-likeness (QED) is 0.626. The molecule has 0 saturated heterocycles. The minimum absolute atomic E-state index is 0.0721. The summed E-state index contributed by atoms with van der Waals surface area (Å²) >= 11 is 0. The predicted molar refractivity (Wildman–Crippen MR) is 98.2 cm³/mol. The van der Waals surface area contributed by atoms with E-state index < -0.39 is 16.1 Å². The molecule has 0 aliphatic carbocycles. The normalized spacial score (nSPS) is 12.7. The first-order valence-electron chi connectivity index (χ1n) is 7.62. The molecule has 0 spiro atoms. The summed E-state index contributed by atoms with van der Waals surface area (Å²) in [7, 11) is -3.70. The number of hydrogen-bond donors (Lipinski definition) is 3. The van der Waals surface area contributed by atoms with Crippen LogP contribution in [-0.2, 0) is 10.0 Å². The van der Waals surface area contributed by atoms with Gasteiger partial charge in [-0.05, 0) is 34.9 Å². The van der Waals surface area contributed by atoms with E-state index in [0.717, 1.165) is 16.7 Å². The lowest BCUT2D eigenvalue weighted by atomic mass is 9.97. The van der Waals surface area contributed by atoms with Gasteiger partial charge in [0.25, 0.3) is 0 Å². The second-order valence-electron chi connectivity index (χ2n) is 5.72. The van der Waals surface area contributed by atoms with Crippen LogP contribution in [0.15, 0.2) is 77.7 Å². The Morgan fingerprint density at radius 2 is 1.32 bits per heavy atom. The second kappa shape index (κ2) is 6.68. The van der Waals surface area contributed by atoms with Gasteiger partial charge in [0.15, 0.2) is 0 Å². The standard InChI is InChI=1S/C19H18N2O3S/c20-18-4-2-1-3-17(18)19(22)15-7-5-13(6-8-15)14-9-11-16(12-10-14)25(21,23)24/h1-12,19,22H,20H2,(H2,21,23,24). The number of aliphatic hydroxyl groups is 1. The molecule has 0 radical (unpaired) electrons. The van der Waals surface area contributed by atoms with E-state index in [1.165, 1.54) is 12.1 Å². The van der Waals surface area contributed by atoms with Gasteiger partial charge in [-0.25, -0.2) is 13.6 Å². The highest BCUT2D eigenvalue weighted by Gasteiger charge is 2.13. The SMILES string of the molecule is Nc1ccccc1C(O)c1ccc(-c2ccc(S(N)(=O)=O)cc2)cc1. The molecular weight excluding hydrogens is 336 g/mol. The van der Waals surface area contributed by atoms with Crippen LogP contribution in [0.4, 0.5) is 5.69 Å². The molecule has 6 heteroatoms. The van der Waals surface area contributed by atoms with Gasteiger partial charge in [0, 0.05) is 11.3 Å². The first-order valence-corrected chi connectivity index (χ1v) is 9.16. The van der Waals surface area contributed by atoms with Crippen LogP contribution in [0.5, 0.6) is 0 Å². The van der Waals surface area contributed by atoms with Gasteiger partial charge >= 0.3 is 0 Å². The molecule has 0 aromatic heterocycles. The van der Waals surface area contributed by atoms with Gasteiger partial charge in [-0.2, -0.15) is 0 Å². The minimum atomic E-state index is -3.70. The van der Waals surface area contributed by atoms with Gasteiger partial charge in [-0.3, -0.25) is 0 Å². The molecule has 0 aliphatic rings. The molecule has 0 aliphatic heterocycles.